The van der Waals surface area contributed by atoms with Gasteiger partial charge < -0.3 is 4.98 Å². The minimum Gasteiger partial charge on any atom is -0.359 e. The number of aromatic nitrogens is 1. The van der Waals surface area contributed by atoms with Crippen molar-refractivity contribution in [2.45, 2.75) is 26.2 Å². The predicted molar refractivity (Wildman–Crippen MR) is 64.8 cm³/mol. The van der Waals surface area contributed by atoms with Crippen LogP contribution >= 0.6 is 0 Å². The van der Waals surface area contributed by atoms with Crippen LogP contribution in [-0.2, 0) is 10.2 Å². The molecule has 1 aromatic heterocycles. The van der Waals surface area contributed by atoms with Gasteiger partial charge in [0.2, 0.25) is 6.08 Å². The van der Waals surface area contributed by atoms with Crippen LogP contribution in [0.3, 0.4) is 0 Å². The lowest BCUT2D eigenvalue weighted by Crippen LogP contribution is -2.10. The molecule has 0 bridgehead atoms. The molecule has 3 nitrogen and oxygen atoms in total. The zero-order valence-electron chi connectivity index (χ0n) is 9.66. The molecule has 0 unspecified atom stereocenters. The van der Waals surface area contributed by atoms with E-state index in [0.717, 1.165) is 10.9 Å². The molecular formula is C13H14N2O. The summed E-state index contributed by atoms with van der Waals surface area (Å²) in [5, 5.41) is 0.968. The molecule has 0 atom stereocenters. The van der Waals surface area contributed by atoms with Crippen molar-refractivity contribution in [3.8, 4) is 0 Å². The summed E-state index contributed by atoms with van der Waals surface area (Å²) >= 11 is 0. The smallest absolute Gasteiger partial charge is 0.240 e. The van der Waals surface area contributed by atoms with Crippen molar-refractivity contribution in [3.63, 3.8) is 0 Å². The number of aliphatic imine (C=N–C) groups is 1. The number of hydrogen-bond acceptors (Lipinski definition) is 2. The van der Waals surface area contributed by atoms with Gasteiger partial charge in [0.1, 0.15) is 5.69 Å². The Morgan fingerprint density at radius 2 is 2.06 bits per heavy atom. The van der Waals surface area contributed by atoms with Crippen molar-refractivity contribution in [1.82, 2.24) is 4.98 Å². The summed E-state index contributed by atoms with van der Waals surface area (Å²) in [6, 6.07) is 6.18. The number of isocyanates is 1. The Morgan fingerprint density at radius 3 is 2.69 bits per heavy atom. The van der Waals surface area contributed by atoms with Crippen LogP contribution in [0.5, 0.6) is 0 Å². The lowest BCUT2D eigenvalue weighted by atomic mass is 9.86. The highest BCUT2D eigenvalue weighted by Crippen LogP contribution is 2.30. The second-order valence-corrected chi connectivity index (χ2v) is 4.89. The Balaban J connectivity index is 2.67. The Hall–Kier alpha value is -1.86. The van der Waals surface area contributed by atoms with Crippen LogP contribution in [0.2, 0.25) is 0 Å². The normalized spacial score (nSPS) is 11.4. The third-order valence-electron chi connectivity index (χ3n) is 2.69. The second kappa shape index (κ2) is 3.62. The van der Waals surface area contributed by atoms with E-state index in [-0.39, 0.29) is 5.41 Å². The first-order valence-corrected chi connectivity index (χ1v) is 5.22. The zero-order valence-corrected chi connectivity index (χ0v) is 9.66. The Kier molecular flexibility index (Phi) is 2.41. The van der Waals surface area contributed by atoms with Gasteiger partial charge in [-0.15, -0.1) is 0 Å². The lowest BCUT2D eigenvalue weighted by molar-refractivity contribution is 0.565. The van der Waals surface area contributed by atoms with Crippen molar-refractivity contribution in [2.75, 3.05) is 0 Å². The summed E-state index contributed by atoms with van der Waals surface area (Å²) in [7, 11) is 0. The topological polar surface area (TPSA) is 45.2 Å². The molecule has 2 aromatic rings. The molecule has 2 rings (SSSR count). The largest absolute Gasteiger partial charge is 0.359 e. The van der Waals surface area contributed by atoms with Gasteiger partial charge in [0.15, 0.2) is 0 Å². The summed E-state index contributed by atoms with van der Waals surface area (Å²) in [6.45, 7) is 6.47. The molecule has 1 N–H and O–H groups in total. The first-order chi connectivity index (χ1) is 7.52. The third-order valence-corrected chi connectivity index (χ3v) is 2.69. The highest BCUT2D eigenvalue weighted by atomic mass is 16.1. The molecule has 16 heavy (non-hydrogen) atoms. The fraction of sp³-hybridized carbons (Fsp3) is 0.308. The zero-order chi connectivity index (χ0) is 11.8. The van der Waals surface area contributed by atoms with Gasteiger partial charge in [-0.2, -0.15) is 4.99 Å². The molecule has 1 heterocycles. The maximum absolute atomic E-state index is 10.3. The first kappa shape index (κ1) is 10.7. The quantitative estimate of drug-likeness (QED) is 0.573. The van der Waals surface area contributed by atoms with E-state index in [1.165, 1.54) is 5.56 Å². The molecule has 0 saturated carbocycles. The fourth-order valence-corrected chi connectivity index (χ4v) is 1.71. The highest BCUT2D eigenvalue weighted by Gasteiger charge is 2.14. The Bertz CT molecular complexity index is 569. The van der Waals surface area contributed by atoms with Gasteiger partial charge in [-0.25, -0.2) is 4.79 Å². The van der Waals surface area contributed by atoms with E-state index < -0.39 is 0 Å². The Morgan fingerprint density at radius 1 is 1.31 bits per heavy atom. The van der Waals surface area contributed by atoms with Gasteiger partial charge in [-0.05, 0) is 23.1 Å². The van der Waals surface area contributed by atoms with Crippen LogP contribution < -0.4 is 0 Å². The number of nitrogens with one attached hydrogen (secondary N) is 1. The van der Waals surface area contributed by atoms with Crippen molar-refractivity contribution in [1.29, 1.82) is 0 Å². The van der Waals surface area contributed by atoms with E-state index in [2.05, 4.69) is 42.9 Å². The average molecular weight is 214 g/mol. The van der Waals surface area contributed by atoms with Crippen molar-refractivity contribution in [3.05, 3.63) is 30.0 Å². The van der Waals surface area contributed by atoms with E-state index in [9.17, 15) is 4.79 Å². The van der Waals surface area contributed by atoms with E-state index in [0.29, 0.717) is 5.69 Å². The van der Waals surface area contributed by atoms with Crippen molar-refractivity contribution >= 4 is 22.7 Å². The molecule has 0 amide bonds. The molecule has 0 radical (unpaired) electrons. The molecule has 0 aliphatic heterocycles. The van der Waals surface area contributed by atoms with Gasteiger partial charge in [-0.3, -0.25) is 0 Å². The molecule has 0 aliphatic carbocycles. The predicted octanol–water partition coefficient (Wildman–Crippen LogP) is 3.43. The van der Waals surface area contributed by atoms with Crippen LogP contribution in [0, 0.1) is 0 Å². The SMILES string of the molecule is CC(C)(C)c1ccc2[nH]cc(N=C=O)c2c1. The third kappa shape index (κ3) is 1.77. The van der Waals surface area contributed by atoms with Crippen molar-refractivity contribution < 1.29 is 4.79 Å². The summed E-state index contributed by atoms with van der Waals surface area (Å²) in [6.07, 6.45) is 3.30. The van der Waals surface area contributed by atoms with Crippen LogP contribution in [0.25, 0.3) is 10.9 Å². The van der Waals surface area contributed by atoms with Crippen LogP contribution in [0.15, 0.2) is 29.4 Å². The number of rotatable bonds is 1. The summed E-state index contributed by atoms with van der Waals surface area (Å²) in [4.78, 5) is 17.1. The molecule has 3 heteroatoms. The molecule has 0 aliphatic rings. The van der Waals surface area contributed by atoms with Crippen LogP contribution in [0.4, 0.5) is 5.69 Å². The number of hydrogen-bond donors (Lipinski definition) is 1. The minimum absolute atomic E-state index is 0.0909. The minimum atomic E-state index is 0.0909. The maximum atomic E-state index is 10.3. The molecule has 0 fully saturated rings. The summed E-state index contributed by atoms with van der Waals surface area (Å²) in [5.74, 6) is 0. The van der Waals surface area contributed by atoms with Gasteiger partial charge in [0.25, 0.3) is 0 Å². The van der Waals surface area contributed by atoms with Gasteiger partial charge in [0, 0.05) is 17.1 Å². The fourth-order valence-electron chi connectivity index (χ4n) is 1.71. The van der Waals surface area contributed by atoms with E-state index in [4.69, 9.17) is 0 Å². The number of nitrogens with zero attached hydrogens (tertiary/aromatic N) is 1. The molecule has 1 aromatic carbocycles. The highest BCUT2D eigenvalue weighted by molar-refractivity contribution is 5.92. The summed E-state index contributed by atoms with van der Waals surface area (Å²) < 4.78 is 0. The van der Waals surface area contributed by atoms with Gasteiger partial charge in [-0.1, -0.05) is 26.8 Å². The number of aromatic amines is 1. The molecule has 0 spiro atoms. The number of benzene rings is 1. The number of carbonyl (C=O) groups excluding carboxylic acids is 1. The average Bonchev–Trinajstić information content (AvgIpc) is 2.60. The van der Waals surface area contributed by atoms with Gasteiger partial charge in [0.05, 0.1) is 0 Å². The van der Waals surface area contributed by atoms with E-state index in [1.54, 1.807) is 12.3 Å². The maximum Gasteiger partial charge on any atom is 0.240 e. The van der Waals surface area contributed by atoms with Crippen molar-refractivity contribution in [2.24, 2.45) is 4.99 Å². The van der Waals surface area contributed by atoms with Gasteiger partial charge >= 0.3 is 0 Å². The number of fused-ring (bicyclic) bond motifs is 1. The second-order valence-electron chi connectivity index (χ2n) is 4.89. The first-order valence-electron chi connectivity index (χ1n) is 5.22. The van der Waals surface area contributed by atoms with Crippen LogP contribution in [0.1, 0.15) is 26.3 Å². The standard InChI is InChI=1S/C13H14N2O/c1-13(2,3)9-4-5-11-10(6-9)12(7-14-11)15-8-16/h4-7,14H,1-3H3. The number of H-pyrrole nitrogens is 1. The monoisotopic (exact) mass is 214 g/mol. The lowest BCUT2D eigenvalue weighted by Gasteiger charge is -2.18. The molecule has 82 valence electrons. The molecule has 0 saturated heterocycles. The Labute approximate surface area is 94.2 Å². The van der Waals surface area contributed by atoms with E-state index in [1.807, 2.05) is 6.07 Å². The summed E-state index contributed by atoms with van der Waals surface area (Å²) in [5.41, 5.74) is 2.95. The molecular weight excluding hydrogens is 200 g/mol. The van der Waals surface area contributed by atoms with Crippen LogP contribution in [-0.4, -0.2) is 11.1 Å². The van der Waals surface area contributed by atoms with E-state index >= 15 is 0 Å².